The largest absolute Gasteiger partial charge is 0.573 e. The van der Waals surface area contributed by atoms with Crippen LogP contribution in [0.15, 0.2) is 52.1 Å². The molecular weight excluding hydrogens is 403 g/mol. The second-order valence-electron chi connectivity index (χ2n) is 7.91. The maximum Gasteiger partial charge on any atom is 0.573 e. The lowest BCUT2D eigenvalue weighted by Gasteiger charge is -2.27. The van der Waals surface area contributed by atoms with Gasteiger partial charge in [0.1, 0.15) is 23.3 Å². The zero-order valence-electron chi connectivity index (χ0n) is 16.7. The number of hydrogen-bond donors (Lipinski definition) is 1. The number of benzene rings is 1. The van der Waals surface area contributed by atoms with E-state index in [1.54, 1.807) is 39.8 Å². The molecule has 0 bridgehead atoms. The van der Waals surface area contributed by atoms with Crippen molar-refractivity contribution in [1.29, 1.82) is 0 Å². The van der Waals surface area contributed by atoms with Crippen LogP contribution in [0.4, 0.5) is 18.9 Å². The van der Waals surface area contributed by atoms with E-state index in [0.717, 1.165) is 17.0 Å². The first-order valence-corrected chi connectivity index (χ1v) is 9.03. The van der Waals surface area contributed by atoms with Crippen molar-refractivity contribution in [3.8, 4) is 5.75 Å². The highest BCUT2D eigenvalue weighted by Crippen LogP contribution is 2.44. The summed E-state index contributed by atoms with van der Waals surface area (Å²) in [5.41, 5.74) is -0.863. The van der Waals surface area contributed by atoms with E-state index in [1.165, 1.54) is 12.1 Å². The molecule has 30 heavy (non-hydrogen) atoms. The molecule has 2 heterocycles. The zero-order chi connectivity index (χ0) is 22.4. The molecule has 1 aromatic heterocycles. The first-order chi connectivity index (χ1) is 13.8. The Morgan fingerprint density at radius 3 is 2.17 bits per heavy atom. The summed E-state index contributed by atoms with van der Waals surface area (Å²) in [7, 11) is 0. The normalized spacial score (nSPS) is 17.6. The van der Waals surface area contributed by atoms with Gasteiger partial charge in [-0.05, 0) is 43.3 Å². The Kier molecular flexibility index (Phi) is 5.17. The molecule has 1 aromatic carbocycles. The number of Topliss-reactive ketones (excluding diaryl/α,β-unsaturated/α-hetero) is 1. The third kappa shape index (κ3) is 4.05. The Balaban J connectivity index is 2.08. The molecule has 0 saturated carbocycles. The minimum atomic E-state index is -4.86. The molecule has 0 aliphatic carbocycles. The molecule has 1 atom stereocenters. The van der Waals surface area contributed by atoms with E-state index in [1.807, 2.05) is 0 Å². The first kappa shape index (κ1) is 21.5. The van der Waals surface area contributed by atoms with Gasteiger partial charge >= 0.3 is 6.36 Å². The predicted octanol–water partition coefficient (Wildman–Crippen LogP) is 5.00. The number of aliphatic hydroxyl groups is 1. The van der Waals surface area contributed by atoms with Crippen molar-refractivity contribution in [2.75, 3.05) is 4.90 Å². The summed E-state index contributed by atoms with van der Waals surface area (Å²) >= 11 is 0. The number of anilines is 1. The quantitative estimate of drug-likeness (QED) is 0.749. The maximum absolute atomic E-state index is 13.0. The zero-order valence-corrected chi connectivity index (χ0v) is 16.7. The van der Waals surface area contributed by atoms with Gasteiger partial charge in [0, 0.05) is 11.1 Å². The fraction of sp³-hybridized carbons (Fsp3) is 0.333. The Morgan fingerprint density at radius 2 is 1.70 bits per heavy atom. The van der Waals surface area contributed by atoms with Gasteiger partial charge in [-0.1, -0.05) is 20.8 Å². The highest BCUT2D eigenvalue weighted by molar-refractivity contribution is 6.17. The van der Waals surface area contributed by atoms with Crippen LogP contribution in [0, 0.1) is 12.3 Å². The summed E-state index contributed by atoms with van der Waals surface area (Å²) < 4.78 is 46.7. The van der Waals surface area contributed by atoms with Crippen LogP contribution < -0.4 is 9.64 Å². The third-order valence-corrected chi connectivity index (χ3v) is 4.51. The maximum atomic E-state index is 13.0. The molecule has 160 valence electrons. The van der Waals surface area contributed by atoms with E-state index in [0.29, 0.717) is 5.76 Å². The number of hydrogen-bond acceptors (Lipinski definition) is 5. The molecule has 3 rings (SSSR count). The Bertz CT molecular complexity index is 1010. The lowest BCUT2D eigenvalue weighted by atomic mass is 9.83. The van der Waals surface area contributed by atoms with Crippen molar-refractivity contribution in [3.05, 3.63) is 59.3 Å². The van der Waals surface area contributed by atoms with E-state index in [2.05, 4.69) is 4.74 Å². The second-order valence-corrected chi connectivity index (χ2v) is 7.91. The van der Waals surface area contributed by atoms with Crippen LogP contribution in [-0.2, 0) is 9.59 Å². The minimum absolute atomic E-state index is 0.127. The molecule has 0 fully saturated rings. The first-order valence-electron chi connectivity index (χ1n) is 9.03. The lowest BCUT2D eigenvalue weighted by molar-refractivity contribution is -0.274. The third-order valence-electron chi connectivity index (χ3n) is 4.51. The number of aryl methyl sites for hydroxylation is 1. The lowest BCUT2D eigenvalue weighted by Crippen LogP contribution is -2.32. The van der Waals surface area contributed by atoms with Crippen molar-refractivity contribution >= 4 is 17.4 Å². The van der Waals surface area contributed by atoms with Gasteiger partial charge in [0.2, 0.25) is 0 Å². The van der Waals surface area contributed by atoms with Crippen LogP contribution in [0.3, 0.4) is 0 Å². The Morgan fingerprint density at radius 1 is 1.10 bits per heavy atom. The summed E-state index contributed by atoms with van der Waals surface area (Å²) in [6.45, 7) is 6.63. The highest BCUT2D eigenvalue weighted by atomic mass is 19.4. The van der Waals surface area contributed by atoms with Crippen molar-refractivity contribution in [1.82, 2.24) is 0 Å². The van der Waals surface area contributed by atoms with Crippen molar-refractivity contribution in [3.63, 3.8) is 0 Å². The fourth-order valence-electron chi connectivity index (χ4n) is 3.19. The molecule has 0 saturated heterocycles. The van der Waals surface area contributed by atoms with E-state index >= 15 is 0 Å². The smallest absolute Gasteiger partial charge is 0.503 e. The van der Waals surface area contributed by atoms with Crippen molar-refractivity contribution in [2.24, 2.45) is 5.41 Å². The summed E-state index contributed by atoms with van der Waals surface area (Å²) in [6.07, 6.45) is -4.86. The number of carbonyl (C=O) groups excluding carboxylic acids is 2. The van der Waals surface area contributed by atoms with Gasteiger partial charge in [0.15, 0.2) is 11.5 Å². The van der Waals surface area contributed by atoms with Gasteiger partial charge in [-0.2, -0.15) is 0 Å². The number of alkyl halides is 3. The number of halogens is 3. The molecule has 0 radical (unpaired) electrons. The number of ketones is 1. The number of aliphatic hydroxyl groups excluding tert-OH is 1. The number of ether oxygens (including phenoxy) is 1. The highest BCUT2D eigenvalue weighted by Gasteiger charge is 2.48. The van der Waals surface area contributed by atoms with Crippen LogP contribution in [0.2, 0.25) is 0 Å². The predicted molar refractivity (Wildman–Crippen MR) is 101 cm³/mol. The van der Waals surface area contributed by atoms with Gasteiger partial charge in [0.25, 0.3) is 5.91 Å². The number of carbonyl (C=O) groups is 2. The molecule has 1 N–H and O–H groups in total. The van der Waals surface area contributed by atoms with Gasteiger partial charge in [0.05, 0.1) is 5.57 Å². The summed E-state index contributed by atoms with van der Waals surface area (Å²) in [6, 6.07) is 6.72. The molecule has 6 nitrogen and oxygen atoms in total. The Hall–Kier alpha value is -3.23. The van der Waals surface area contributed by atoms with E-state index < -0.39 is 41.0 Å². The van der Waals surface area contributed by atoms with Crippen molar-refractivity contribution < 1.29 is 37.0 Å². The summed E-state index contributed by atoms with van der Waals surface area (Å²) in [5.74, 6) is -1.72. The van der Waals surface area contributed by atoms with Crippen LogP contribution in [0.5, 0.6) is 5.75 Å². The number of amides is 1. The molecule has 1 aliphatic heterocycles. The summed E-state index contributed by atoms with van der Waals surface area (Å²) in [5, 5.41) is 10.5. The van der Waals surface area contributed by atoms with Gasteiger partial charge in [-0.3, -0.25) is 14.5 Å². The SMILES string of the molecule is Cc1ccc(C2C(C(=O)C(C)(C)C)=C(O)C(=O)N2c2ccc(OC(F)(F)F)cc2)o1. The van der Waals surface area contributed by atoms with Gasteiger partial charge < -0.3 is 14.3 Å². The molecule has 1 amide bonds. The minimum Gasteiger partial charge on any atom is -0.503 e. The van der Waals surface area contributed by atoms with Gasteiger partial charge in [-0.25, -0.2) is 0 Å². The van der Waals surface area contributed by atoms with E-state index in [4.69, 9.17) is 4.42 Å². The molecule has 0 spiro atoms. The van der Waals surface area contributed by atoms with E-state index in [-0.39, 0.29) is 17.0 Å². The Labute approximate surface area is 170 Å². The molecule has 9 heteroatoms. The van der Waals surface area contributed by atoms with Crippen LogP contribution in [0.25, 0.3) is 0 Å². The fourth-order valence-corrected chi connectivity index (χ4v) is 3.19. The molecule has 1 aliphatic rings. The van der Waals surface area contributed by atoms with Crippen LogP contribution in [0.1, 0.15) is 38.3 Å². The molecule has 2 aromatic rings. The number of nitrogens with zero attached hydrogens (tertiary/aromatic N) is 1. The van der Waals surface area contributed by atoms with Crippen LogP contribution in [-0.4, -0.2) is 23.2 Å². The number of rotatable bonds is 4. The van der Waals surface area contributed by atoms with E-state index in [9.17, 15) is 27.9 Å². The molecule has 1 unspecified atom stereocenters. The van der Waals surface area contributed by atoms with Crippen LogP contribution >= 0.6 is 0 Å². The summed E-state index contributed by atoms with van der Waals surface area (Å²) in [4.78, 5) is 27.0. The standard InChI is InChI=1S/C21H20F3NO5/c1-11-5-10-14(29-11)16-15(18(27)20(2,3)4)17(26)19(28)25(16)12-6-8-13(9-7-12)30-21(22,23)24/h5-10,16,26H,1-4H3. The molecular formula is C21H20F3NO5. The average Bonchev–Trinajstić information content (AvgIpc) is 3.15. The topological polar surface area (TPSA) is 80.0 Å². The van der Waals surface area contributed by atoms with Crippen molar-refractivity contribution in [2.45, 2.75) is 40.1 Å². The second kappa shape index (κ2) is 7.23. The number of furan rings is 1. The van der Waals surface area contributed by atoms with Gasteiger partial charge in [-0.15, -0.1) is 13.2 Å². The monoisotopic (exact) mass is 423 g/mol. The average molecular weight is 423 g/mol.